The highest BCUT2D eigenvalue weighted by molar-refractivity contribution is 7.18. The molecule has 1 aromatic heterocycles. The minimum atomic E-state index is -0.278. The number of rotatable bonds is 5. The minimum Gasteiger partial charge on any atom is -0.483 e. The Bertz CT molecular complexity index is 894. The van der Waals surface area contributed by atoms with E-state index in [1.165, 1.54) is 11.3 Å². The number of ether oxygens (including phenoxy) is 1. The molecule has 0 atom stereocenters. The van der Waals surface area contributed by atoms with Gasteiger partial charge in [-0.15, -0.1) is 10.2 Å². The fourth-order valence-electron chi connectivity index (χ4n) is 2.14. The van der Waals surface area contributed by atoms with E-state index < -0.39 is 0 Å². The number of aryl methyl sites for hydroxylation is 2. The van der Waals surface area contributed by atoms with Gasteiger partial charge in [0, 0.05) is 10.6 Å². The molecule has 5 nitrogen and oxygen atoms in total. The van der Waals surface area contributed by atoms with Gasteiger partial charge in [-0.25, -0.2) is 0 Å². The summed E-state index contributed by atoms with van der Waals surface area (Å²) < 4.78 is 5.59. The first-order valence-corrected chi connectivity index (χ1v) is 8.80. The molecule has 0 saturated heterocycles. The fraction of sp³-hybridized carbons (Fsp3) is 0.167. The maximum absolute atomic E-state index is 12.1. The zero-order valence-corrected chi connectivity index (χ0v) is 15.3. The van der Waals surface area contributed by atoms with E-state index in [0.717, 1.165) is 16.7 Å². The Kier molecular flexibility index (Phi) is 5.31. The summed E-state index contributed by atoms with van der Waals surface area (Å²) in [5.41, 5.74) is 2.96. The zero-order valence-electron chi connectivity index (χ0n) is 13.7. The Hall–Kier alpha value is -2.44. The van der Waals surface area contributed by atoms with Gasteiger partial charge in [0.25, 0.3) is 5.91 Å². The van der Waals surface area contributed by atoms with E-state index in [1.54, 1.807) is 12.1 Å². The molecule has 0 radical (unpaired) electrons. The fourth-order valence-corrected chi connectivity index (χ4v) is 3.04. The van der Waals surface area contributed by atoms with Crippen LogP contribution in [0.5, 0.6) is 5.75 Å². The maximum atomic E-state index is 12.1. The molecule has 0 spiro atoms. The Morgan fingerprint density at radius 1 is 1.16 bits per heavy atom. The molecule has 2 aromatic carbocycles. The molecule has 0 unspecified atom stereocenters. The molecule has 0 aliphatic heterocycles. The van der Waals surface area contributed by atoms with Crippen LogP contribution in [0.1, 0.15) is 11.1 Å². The normalized spacial score (nSPS) is 10.5. The predicted octanol–water partition coefficient (Wildman–Crippen LogP) is 4.49. The molecule has 1 heterocycles. The number of hydrogen-bond donors (Lipinski definition) is 1. The summed E-state index contributed by atoms with van der Waals surface area (Å²) in [6.45, 7) is 3.84. The second kappa shape index (κ2) is 7.63. The largest absolute Gasteiger partial charge is 0.483 e. The molecule has 0 bridgehead atoms. The molecule has 128 valence electrons. The number of anilines is 1. The number of nitrogens with one attached hydrogen (secondary N) is 1. The molecule has 3 aromatic rings. The molecular formula is C18H16ClN3O2S. The second-order valence-corrected chi connectivity index (χ2v) is 6.94. The Morgan fingerprint density at radius 2 is 1.92 bits per heavy atom. The van der Waals surface area contributed by atoms with Crippen LogP contribution in [0.2, 0.25) is 5.02 Å². The van der Waals surface area contributed by atoms with Crippen LogP contribution in [0.4, 0.5) is 5.13 Å². The van der Waals surface area contributed by atoms with Crippen LogP contribution in [-0.2, 0) is 4.79 Å². The first-order valence-electron chi connectivity index (χ1n) is 7.60. The van der Waals surface area contributed by atoms with Gasteiger partial charge in [-0.2, -0.15) is 0 Å². The molecule has 0 saturated carbocycles. The molecule has 0 aliphatic rings. The van der Waals surface area contributed by atoms with E-state index in [9.17, 15) is 4.79 Å². The maximum Gasteiger partial charge on any atom is 0.264 e. The van der Waals surface area contributed by atoms with Crippen molar-refractivity contribution in [2.24, 2.45) is 0 Å². The van der Waals surface area contributed by atoms with E-state index >= 15 is 0 Å². The number of nitrogens with zero attached hydrogens (tertiary/aromatic N) is 2. The average molecular weight is 374 g/mol. The number of carbonyl (C=O) groups is 1. The number of aromatic nitrogens is 2. The van der Waals surface area contributed by atoms with Crippen molar-refractivity contribution in [1.82, 2.24) is 10.2 Å². The minimum absolute atomic E-state index is 0.0832. The van der Waals surface area contributed by atoms with Crippen LogP contribution >= 0.6 is 22.9 Å². The van der Waals surface area contributed by atoms with Crippen molar-refractivity contribution in [3.05, 3.63) is 58.6 Å². The number of hydrogen-bond acceptors (Lipinski definition) is 5. The quantitative estimate of drug-likeness (QED) is 0.715. The van der Waals surface area contributed by atoms with Gasteiger partial charge < -0.3 is 4.74 Å². The van der Waals surface area contributed by atoms with Gasteiger partial charge in [0.15, 0.2) is 6.61 Å². The summed E-state index contributed by atoms with van der Waals surface area (Å²) in [4.78, 5) is 12.1. The van der Waals surface area contributed by atoms with Gasteiger partial charge in [0.2, 0.25) is 5.13 Å². The molecule has 7 heteroatoms. The van der Waals surface area contributed by atoms with E-state index in [-0.39, 0.29) is 12.5 Å². The highest BCUT2D eigenvalue weighted by Crippen LogP contribution is 2.27. The van der Waals surface area contributed by atoms with Gasteiger partial charge in [-0.3, -0.25) is 10.1 Å². The molecule has 0 fully saturated rings. The SMILES string of the molecule is Cc1ccc(C)c(OCC(=O)Nc2nnc(-c3ccc(Cl)cc3)s2)c1. The van der Waals surface area contributed by atoms with Gasteiger partial charge in [0.1, 0.15) is 10.8 Å². The van der Waals surface area contributed by atoms with Crippen LogP contribution in [0.25, 0.3) is 10.6 Å². The number of amides is 1. The van der Waals surface area contributed by atoms with Crippen LogP contribution < -0.4 is 10.1 Å². The van der Waals surface area contributed by atoms with Crippen LogP contribution in [0.3, 0.4) is 0 Å². The van der Waals surface area contributed by atoms with Crippen LogP contribution in [-0.4, -0.2) is 22.7 Å². The third-order valence-electron chi connectivity index (χ3n) is 3.46. The van der Waals surface area contributed by atoms with E-state index in [0.29, 0.717) is 20.9 Å². The van der Waals surface area contributed by atoms with Crippen molar-refractivity contribution in [2.45, 2.75) is 13.8 Å². The third-order valence-corrected chi connectivity index (χ3v) is 4.60. The summed E-state index contributed by atoms with van der Waals surface area (Å²) >= 11 is 7.17. The monoisotopic (exact) mass is 373 g/mol. The Morgan fingerprint density at radius 3 is 2.68 bits per heavy atom. The first-order chi connectivity index (χ1) is 12.0. The van der Waals surface area contributed by atoms with Crippen molar-refractivity contribution in [3.63, 3.8) is 0 Å². The predicted molar refractivity (Wildman–Crippen MR) is 100 cm³/mol. The Labute approximate surface area is 154 Å². The highest BCUT2D eigenvalue weighted by Gasteiger charge is 2.11. The lowest BCUT2D eigenvalue weighted by atomic mass is 10.1. The second-order valence-electron chi connectivity index (χ2n) is 5.53. The molecule has 1 N–H and O–H groups in total. The summed E-state index contributed by atoms with van der Waals surface area (Å²) in [5, 5.41) is 12.6. The summed E-state index contributed by atoms with van der Waals surface area (Å²) in [6, 6.07) is 13.2. The molecule has 0 aliphatic carbocycles. The van der Waals surface area contributed by atoms with Crippen molar-refractivity contribution < 1.29 is 9.53 Å². The topological polar surface area (TPSA) is 64.1 Å². The molecular weight excluding hydrogens is 358 g/mol. The molecule has 25 heavy (non-hydrogen) atoms. The van der Waals surface area contributed by atoms with Gasteiger partial charge in [-0.05, 0) is 43.2 Å². The Balaban J connectivity index is 1.60. The third kappa shape index (κ3) is 4.55. The van der Waals surface area contributed by atoms with E-state index in [2.05, 4.69) is 15.5 Å². The first kappa shape index (κ1) is 17.4. The molecule has 3 rings (SSSR count). The standard InChI is InChI=1S/C18H16ClN3O2S/c1-11-3-4-12(2)15(9-11)24-10-16(23)20-18-22-21-17(25-18)13-5-7-14(19)8-6-13/h3-9H,10H2,1-2H3,(H,20,22,23). The van der Waals surface area contributed by atoms with E-state index in [1.807, 2.05) is 44.2 Å². The van der Waals surface area contributed by atoms with Gasteiger partial charge >= 0.3 is 0 Å². The average Bonchev–Trinajstić information content (AvgIpc) is 3.05. The number of benzene rings is 2. The van der Waals surface area contributed by atoms with Gasteiger partial charge in [-0.1, -0.05) is 47.2 Å². The van der Waals surface area contributed by atoms with Gasteiger partial charge in [0.05, 0.1) is 0 Å². The summed E-state index contributed by atoms with van der Waals surface area (Å²) in [7, 11) is 0. The van der Waals surface area contributed by atoms with Crippen molar-refractivity contribution in [1.29, 1.82) is 0 Å². The van der Waals surface area contributed by atoms with E-state index in [4.69, 9.17) is 16.3 Å². The summed E-state index contributed by atoms with van der Waals surface area (Å²) in [6.07, 6.45) is 0. The molecule has 1 amide bonds. The lowest BCUT2D eigenvalue weighted by Gasteiger charge is -2.09. The highest BCUT2D eigenvalue weighted by atomic mass is 35.5. The smallest absolute Gasteiger partial charge is 0.264 e. The van der Waals surface area contributed by atoms with Crippen molar-refractivity contribution in [3.8, 4) is 16.3 Å². The lowest BCUT2D eigenvalue weighted by Crippen LogP contribution is -2.20. The lowest BCUT2D eigenvalue weighted by molar-refractivity contribution is -0.118. The zero-order chi connectivity index (χ0) is 17.8. The van der Waals surface area contributed by atoms with Crippen molar-refractivity contribution in [2.75, 3.05) is 11.9 Å². The number of halogens is 1. The number of carbonyl (C=O) groups excluding carboxylic acids is 1. The summed E-state index contributed by atoms with van der Waals surface area (Å²) in [5.74, 6) is 0.425. The van der Waals surface area contributed by atoms with Crippen LogP contribution in [0.15, 0.2) is 42.5 Å². The van der Waals surface area contributed by atoms with Crippen molar-refractivity contribution >= 4 is 34.0 Å². The van der Waals surface area contributed by atoms with Crippen LogP contribution in [0, 0.1) is 13.8 Å².